The molecule has 1 atom stereocenters. The third kappa shape index (κ3) is 7.22. The van der Waals surface area contributed by atoms with Gasteiger partial charge in [-0.15, -0.1) is 0 Å². The lowest BCUT2D eigenvalue weighted by molar-refractivity contribution is -0.123. The summed E-state index contributed by atoms with van der Waals surface area (Å²) in [4.78, 5) is 31.2. The number of hydrogen-bond donors (Lipinski definition) is 4. The zero-order valence-electron chi connectivity index (χ0n) is 20.4. The van der Waals surface area contributed by atoms with Gasteiger partial charge in [0.2, 0.25) is 5.91 Å². The molecule has 0 saturated carbocycles. The second kappa shape index (κ2) is 12.1. The largest absolute Gasteiger partial charge is 0.340 e. The van der Waals surface area contributed by atoms with Crippen LogP contribution in [0.2, 0.25) is 0 Å². The monoisotopic (exact) mass is 521 g/mol. The fraction of sp³-hybridized carbons (Fsp3) is 0.296. The van der Waals surface area contributed by atoms with Gasteiger partial charge < -0.3 is 10.6 Å². The van der Waals surface area contributed by atoms with Crippen LogP contribution >= 0.6 is 0 Å². The van der Waals surface area contributed by atoms with Gasteiger partial charge in [-0.05, 0) is 61.8 Å². The minimum Gasteiger partial charge on any atom is -0.340 e. The Morgan fingerprint density at radius 3 is 2.68 bits per heavy atom. The van der Waals surface area contributed by atoms with Gasteiger partial charge in [-0.1, -0.05) is 48.5 Å². The van der Waals surface area contributed by atoms with Gasteiger partial charge in [0.05, 0.1) is 11.2 Å². The van der Waals surface area contributed by atoms with Crippen LogP contribution in [0.5, 0.6) is 0 Å². The molecule has 1 unspecified atom stereocenters. The number of para-hydroxylation sites is 1. The number of benzene rings is 2. The highest BCUT2D eigenvalue weighted by Gasteiger charge is 2.25. The molecular weight excluding hydrogens is 490 g/mol. The Morgan fingerprint density at radius 1 is 1.03 bits per heavy atom. The molecular formula is C27H31N5O4S. The predicted molar refractivity (Wildman–Crippen MR) is 145 cm³/mol. The standard InChI is InChI=1S/C27H31N5O4S/c28-37(35,36)30-18-6-5-15-24(27(34)31-23-16-7-11-20-12-8-17-29-25(20)23)32-26(33)22-14-4-2-10-19-9-1-3-13-21(19)22/h1,3,7-9,11-14,16-17,24,30H,2,4-6,10,15,18H2,(H,31,34)(H,32,33)(H2,28,35,36). The van der Waals surface area contributed by atoms with Crippen molar-refractivity contribution in [2.75, 3.05) is 11.9 Å². The Kier molecular flexibility index (Phi) is 8.65. The Balaban J connectivity index is 1.52. The van der Waals surface area contributed by atoms with Crippen molar-refractivity contribution >= 4 is 44.2 Å². The average molecular weight is 522 g/mol. The van der Waals surface area contributed by atoms with Gasteiger partial charge in [0.1, 0.15) is 6.04 Å². The molecule has 0 radical (unpaired) electrons. The number of unbranched alkanes of at least 4 members (excludes halogenated alkanes) is 1. The molecule has 0 saturated heterocycles. The van der Waals surface area contributed by atoms with E-state index in [1.54, 1.807) is 12.3 Å². The maximum Gasteiger partial charge on any atom is 0.274 e. The number of nitrogens with zero attached hydrogens (tertiary/aromatic N) is 1. The van der Waals surface area contributed by atoms with Crippen molar-refractivity contribution in [2.45, 2.75) is 44.6 Å². The number of nitrogens with two attached hydrogens (primary N) is 1. The number of fused-ring (bicyclic) bond motifs is 2. The third-order valence-corrected chi connectivity index (χ3v) is 6.89. The molecule has 4 rings (SSSR count). The van der Waals surface area contributed by atoms with E-state index in [1.807, 2.05) is 54.6 Å². The molecule has 1 aromatic heterocycles. The van der Waals surface area contributed by atoms with Gasteiger partial charge in [0.15, 0.2) is 0 Å². The summed E-state index contributed by atoms with van der Waals surface area (Å²) in [5.74, 6) is -0.679. The topological polar surface area (TPSA) is 143 Å². The predicted octanol–water partition coefficient (Wildman–Crippen LogP) is 3.04. The summed E-state index contributed by atoms with van der Waals surface area (Å²) in [6.07, 6.45) is 7.46. The number of nitrogens with one attached hydrogen (secondary N) is 3. The van der Waals surface area contributed by atoms with Crippen molar-refractivity contribution < 1.29 is 18.0 Å². The number of carbonyl (C=O) groups excluding carboxylic acids is 2. The van der Waals surface area contributed by atoms with E-state index in [-0.39, 0.29) is 18.4 Å². The highest BCUT2D eigenvalue weighted by Crippen LogP contribution is 2.26. The van der Waals surface area contributed by atoms with E-state index >= 15 is 0 Å². The lowest BCUT2D eigenvalue weighted by Crippen LogP contribution is -2.44. The minimum absolute atomic E-state index is 0.146. The molecule has 1 heterocycles. The van der Waals surface area contributed by atoms with Crippen LogP contribution in [0.4, 0.5) is 5.69 Å². The lowest BCUT2D eigenvalue weighted by Gasteiger charge is -2.20. The fourth-order valence-electron chi connectivity index (χ4n) is 4.48. The zero-order chi connectivity index (χ0) is 26.3. The highest BCUT2D eigenvalue weighted by atomic mass is 32.2. The molecule has 37 heavy (non-hydrogen) atoms. The van der Waals surface area contributed by atoms with Gasteiger partial charge >= 0.3 is 0 Å². The molecule has 5 N–H and O–H groups in total. The summed E-state index contributed by atoms with van der Waals surface area (Å²) in [6.45, 7) is 0.146. The summed E-state index contributed by atoms with van der Waals surface area (Å²) in [5.41, 5.74) is 3.76. The van der Waals surface area contributed by atoms with E-state index in [2.05, 4.69) is 20.3 Å². The highest BCUT2D eigenvalue weighted by molar-refractivity contribution is 7.87. The number of aromatic nitrogens is 1. The first-order valence-corrected chi connectivity index (χ1v) is 13.9. The molecule has 10 heteroatoms. The van der Waals surface area contributed by atoms with Gasteiger partial charge in [-0.2, -0.15) is 8.42 Å². The van der Waals surface area contributed by atoms with Gasteiger partial charge in [-0.3, -0.25) is 14.6 Å². The Bertz CT molecular complexity index is 1420. The number of allylic oxidation sites excluding steroid dienone is 1. The zero-order valence-corrected chi connectivity index (χ0v) is 21.3. The van der Waals surface area contributed by atoms with E-state index in [9.17, 15) is 18.0 Å². The van der Waals surface area contributed by atoms with Gasteiger partial charge in [0, 0.05) is 23.7 Å². The SMILES string of the molecule is NS(=O)(=O)NCCCCC(NC(=O)C1=CCCCc2ccccc21)C(=O)Nc1cccc2cccnc12. The first-order chi connectivity index (χ1) is 17.8. The number of carbonyl (C=O) groups is 2. The number of pyridine rings is 1. The number of aryl methyl sites for hydroxylation is 1. The van der Waals surface area contributed by atoms with Crippen LogP contribution in [0.1, 0.15) is 43.2 Å². The van der Waals surface area contributed by atoms with E-state index < -0.39 is 16.3 Å². The van der Waals surface area contributed by atoms with Crippen LogP contribution in [-0.2, 0) is 26.2 Å². The molecule has 1 aliphatic rings. The van der Waals surface area contributed by atoms with E-state index in [4.69, 9.17) is 5.14 Å². The first-order valence-electron chi connectivity index (χ1n) is 12.3. The summed E-state index contributed by atoms with van der Waals surface area (Å²) in [7, 11) is -3.78. The Hall–Kier alpha value is -3.60. The van der Waals surface area contributed by atoms with Crippen molar-refractivity contribution in [1.82, 2.24) is 15.0 Å². The van der Waals surface area contributed by atoms with Crippen LogP contribution in [-0.4, -0.2) is 37.8 Å². The summed E-state index contributed by atoms with van der Waals surface area (Å²) < 4.78 is 24.5. The van der Waals surface area contributed by atoms with Crippen molar-refractivity contribution in [2.24, 2.45) is 5.14 Å². The van der Waals surface area contributed by atoms with Crippen molar-refractivity contribution in [3.8, 4) is 0 Å². The minimum atomic E-state index is -3.78. The third-order valence-electron chi connectivity index (χ3n) is 6.29. The Labute approximate surface area is 216 Å². The smallest absolute Gasteiger partial charge is 0.274 e. The lowest BCUT2D eigenvalue weighted by atomic mass is 9.98. The fourth-order valence-corrected chi connectivity index (χ4v) is 4.91. The maximum atomic E-state index is 13.4. The van der Waals surface area contributed by atoms with Crippen LogP contribution < -0.4 is 20.5 Å². The number of anilines is 1. The van der Waals surface area contributed by atoms with E-state index in [0.717, 1.165) is 35.8 Å². The molecule has 3 aromatic rings. The van der Waals surface area contributed by atoms with Crippen molar-refractivity contribution in [1.29, 1.82) is 0 Å². The molecule has 2 aromatic carbocycles. The number of hydrogen-bond acceptors (Lipinski definition) is 5. The van der Waals surface area contributed by atoms with E-state index in [0.29, 0.717) is 36.0 Å². The second-order valence-corrected chi connectivity index (χ2v) is 10.4. The summed E-state index contributed by atoms with van der Waals surface area (Å²) >= 11 is 0. The van der Waals surface area contributed by atoms with Crippen LogP contribution in [0.25, 0.3) is 16.5 Å². The van der Waals surface area contributed by atoms with Crippen molar-refractivity contribution in [3.05, 3.63) is 78.0 Å². The van der Waals surface area contributed by atoms with Crippen LogP contribution in [0.3, 0.4) is 0 Å². The van der Waals surface area contributed by atoms with Gasteiger partial charge in [-0.25, -0.2) is 9.86 Å². The second-order valence-electron chi connectivity index (χ2n) is 9.00. The molecule has 0 bridgehead atoms. The summed E-state index contributed by atoms with van der Waals surface area (Å²) in [5, 5.41) is 11.7. The molecule has 0 spiro atoms. The molecule has 1 aliphatic carbocycles. The van der Waals surface area contributed by atoms with Crippen LogP contribution in [0.15, 0.2) is 66.9 Å². The number of rotatable bonds is 10. The normalized spacial score (nSPS) is 14.2. The first kappa shape index (κ1) is 26.5. The average Bonchev–Trinajstić information content (AvgIpc) is 3.10. The number of amides is 2. The maximum absolute atomic E-state index is 13.4. The van der Waals surface area contributed by atoms with Crippen LogP contribution in [0, 0.1) is 0 Å². The summed E-state index contributed by atoms with van der Waals surface area (Å²) in [6, 6.07) is 16.2. The quantitative estimate of drug-likeness (QED) is 0.303. The Morgan fingerprint density at radius 2 is 1.84 bits per heavy atom. The molecule has 2 amide bonds. The molecule has 0 fully saturated rings. The molecule has 9 nitrogen and oxygen atoms in total. The van der Waals surface area contributed by atoms with Crippen molar-refractivity contribution in [3.63, 3.8) is 0 Å². The molecule has 0 aliphatic heterocycles. The van der Waals surface area contributed by atoms with E-state index in [1.165, 1.54) is 0 Å². The van der Waals surface area contributed by atoms with Gasteiger partial charge in [0.25, 0.3) is 16.1 Å². The molecule has 194 valence electrons.